The first kappa shape index (κ1) is 26.2. The molecule has 3 N–H and O–H groups in total. The number of ether oxygens (including phenoxy) is 1. The molecule has 10 heteroatoms. The zero-order valence-electron chi connectivity index (χ0n) is 19.3. The third-order valence-corrected chi connectivity index (χ3v) is 6.50. The molecule has 0 aliphatic carbocycles. The summed E-state index contributed by atoms with van der Waals surface area (Å²) in [5, 5.41) is 9.73. The van der Waals surface area contributed by atoms with Crippen molar-refractivity contribution in [3.63, 3.8) is 0 Å². The molecule has 0 fully saturated rings. The third-order valence-electron chi connectivity index (χ3n) is 5.04. The van der Waals surface area contributed by atoms with Crippen LogP contribution in [0.15, 0.2) is 65.3 Å². The lowest BCUT2D eigenvalue weighted by Crippen LogP contribution is -2.22. The lowest BCUT2D eigenvalue weighted by molar-refractivity contribution is -0.116. The molecule has 0 atom stereocenters. The molecule has 1 aromatic heterocycles. The first-order valence-electron chi connectivity index (χ1n) is 10.7. The number of rotatable bonds is 10. The number of carbonyl (C=O) groups is 2. The number of para-hydroxylation sites is 2. The summed E-state index contributed by atoms with van der Waals surface area (Å²) < 4.78 is 5.91. The molecule has 182 valence electrons. The van der Waals surface area contributed by atoms with Gasteiger partial charge in [-0.25, -0.2) is 9.97 Å². The van der Waals surface area contributed by atoms with Crippen molar-refractivity contribution in [2.24, 2.45) is 0 Å². The molecule has 35 heavy (non-hydrogen) atoms. The first-order chi connectivity index (χ1) is 16.8. The molecule has 1 heterocycles. The Labute approximate surface area is 212 Å². The monoisotopic (exact) mass is 512 g/mol. The van der Waals surface area contributed by atoms with Gasteiger partial charge in [-0.05, 0) is 49.9 Å². The number of nitrogens with zero attached hydrogens (tertiary/aromatic N) is 3. The van der Waals surface area contributed by atoms with Gasteiger partial charge in [0, 0.05) is 35.4 Å². The molecular weight excluding hydrogens is 488 g/mol. The summed E-state index contributed by atoms with van der Waals surface area (Å²) in [4.78, 5) is 35.4. The number of anilines is 1. The Bertz CT molecular complexity index is 1250. The number of allylic oxidation sites excluding steroid dienone is 1. The number of aryl methyl sites for hydroxylation is 1. The second-order valence-corrected chi connectivity index (χ2v) is 8.94. The van der Waals surface area contributed by atoms with Crippen molar-refractivity contribution in [3.8, 4) is 11.5 Å². The van der Waals surface area contributed by atoms with Crippen LogP contribution in [-0.2, 0) is 11.3 Å². The Balaban J connectivity index is 1.87. The van der Waals surface area contributed by atoms with E-state index in [1.165, 1.54) is 4.90 Å². The fraction of sp³-hybridized carbons (Fsp3) is 0.200. The zero-order valence-corrected chi connectivity index (χ0v) is 20.8. The molecule has 0 saturated heterocycles. The van der Waals surface area contributed by atoms with E-state index in [1.807, 2.05) is 0 Å². The van der Waals surface area contributed by atoms with Gasteiger partial charge in [0.1, 0.15) is 23.1 Å². The predicted octanol–water partition coefficient (Wildman–Crippen LogP) is 4.96. The Hall–Kier alpha value is -3.40. The van der Waals surface area contributed by atoms with Crippen LogP contribution >= 0.6 is 23.4 Å². The second kappa shape index (κ2) is 12.3. The van der Waals surface area contributed by atoms with Crippen LogP contribution in [0.1, 0.15) is 35.1 Å². The van der Waals surface area contributed by atoms with Gasteiger partial charge in [0.25, 0.3) is 0 Å². The van der Waals surface area contributed by atoms with Gasteiger partial charge in [0.05, 0.1) is 17.1 Å². The number of hydrogen-bond donors (Lipinski definition) is 2. The largest absolute Gasteiger partial charge is 0.455 e. The summed E-state index contributed by atoms with van der Waals surface area (Å²) in [6.07, 6.45) is 2.39. The van der Waals surface area contributed by atoms with Gasteiger partial charge in [-0.15, -0.1) is 0 Å². The van der Waals surface area contributed by atoms with Gasteiger partial charge in [-0.2, -0.15) is 0 Å². The molecule has 0 radical (unpaired) electrons. The Kier molecular flexibility index (Phi) is 9.25. The van der Waals surface area contributed by atoms with Crippen molar-refractivity contribution >= 4 is 40.7 Å². The van der Waals surface area contributed by atoms with Crippen molar-refractivity contribution in [3.05, 3.63) is 87.3 Å². The summed E-state index contributed by atoms with van der Waals surface area (Å²) in [5.74, 6) is 1.56. The average Bonchev–Trinajstić information content (AvgIpc) is 2.84. The van der Waals surface area contributed by atoms with Gasteiger partial charge in [-0.3, -0.25) is 9.59 Å². The molecule has 1 amide bonds. The van der Waals surface area contributed by atoms with Crippen molar-refractivity contribution in [1.82, 2.24) is 14.9 Å². The summed E-state index contributed by atoms with van der Waals surface area (Å²) in [7, 11) is 0. The molecule has 0 saturated carbocycles. The van der Waals surface area contributed by atoms with E-state index in [2.05, 4.69) is 9.97 Å². The highest BCUT2D eigenvalue weighted by Crippen LogP contribution is 2.35. The molecule has 0 spiro atoms. The Morgan fingerprint density at radius 3 is 2.54 bits per heavy atom. The van der Waals surface area contributed by atoms with Crippen LogP contribution in [0, 0.1) is 6.92 Å². The van der Waals surface area contributed by atoms with E-state index in [1.54, 1.807) is 68.6 Å². The van der Waals surface area contributed by atoms with Gasteiger partial charge in [-0.1, -0.05) is 35.9 Å². The molecular formula is C25H25ClN4O4S. The molecule has 3 rings (SSSR count). The average molecular weight is 513 g/mol. The highest BCUT2D eigenvalue weighted by molar-refractivity contribution is 8.17. The fourth-order valence-electron chi connectivity index (χ4n) is 3.16. The van der Waals surface area contributed by atoms with Gasteiger partial charge >= 0.3 is 0 Å². The number of aliphatic hydroxyl groups is 1. The van der Waals surface area contributed by atoms with Crippen molar-refractivity contribution in [1.29, 1.82) is 0 Å². The fourth-order valence-corrected chi connectivity index (χ4v) is 4.29. The van der Waals surface area contributed by atoms with Crippen LogP contribution in [0.5, 0.6) is 11.5 Å². The topological polar surface area (TPSA) is 119 Å². The van der Waals surface area contributed by atoms with Gasteiger partial charge < -0.3 is 20.5 Å². The van der Waals surface area contributed by atoms with Gasteiger partial charge in [0.15, 0.2) is 0 Å². The maximum atomic E-state index is 13.3. The number of carbonyl (C=O) groups excluding carboxylic acids is 2. The number of hydrogen-bond acceptors (Lipinski definition) is 8. The standard InChI is InChI=1S/C25H25ClN4O4S/c1-16(30(15-32)14-18-13-28-17(2)29-24(18)27)23(11-12-31)35-25(33)19-7-3-5-9-21(19)34-22-10-6-4-8-20(22)26/h3-10,13,15,31H,11-12,14H2,1-2H3,(H2,27,28,29). The van der Waals surface area contributed by atoms with E-state index in [4.69, 9.17) is 22.1 Å². The maximum Gasteiger partial charge on any atom is 0.227 e. The third kappa shape index (κ3) is 6.82. The maximum absolute atomic E-state index is 13.3. The number of benzene rings is 2. The molecule has 8 nitrogen and oxygen atoms in total. The number of aliphatic hydroxyl groups excluding tert-OH is 1. The van der Waals surface area contributed by atoms with E-state index >= 15 is 0 Å². The van der Waals surface area contributed by atoms with E-state index < -0.39 is 0 Å². The van der Waals surface area contributed by atoms with E-state index in [0.717, 1.165) is 11.8 Å². The normalized spacial score (nSPS) is 11.5. The van der Waals surface area contributed by atoms with E-state index in [0.29, 0.717) is 50.5 Å². The van der Waals surface area contributed by atoms with Crippen molar-refractivity contribution < 1.29 is 19.4 Å². The number of amides is 1. The Morgan fingerprint density at radius 2 is 1.89 bits per heavy atom. The lowest BCUT2D eigenvalue weighted by atomic mass is 10.2. The molecule has 0 aliphatic rings. The number of thioether (sulfide) groups is 1. The molecule has 0 aliphatic heterocycles. The summed E-state index contributed by atoms with van der Waals surface area (Å²) in [6.45, 7) is 3.35. The molecule has 2 aromatic carbocycles. The summed E-state index contributed by atoms with van der Waals surface area (Å²) in [6, 6.07) is 13.8. The number of nitrogens with two attached hydrogens (primary N) is 1. The highest BCUT2D eigenvalue weighted by atomic mass is 35.5. The smallest absolute Gasteiger partial charge is 0.227 e. The minimum absolute atomic E-state index is 0.122. The van der Waals surface area contributed by atoms with E-state index in [-0.39, 0.29) is 30.5 Å². The molecule has 0 unspecified atom stereocenters. The number of nitrogen functional groups attached to an aromatic ring is 1. The highest BCUT2D eigenvalue weighted by Gasteiger charge is 2.20. The number of halogens is 1. The minimum atomic E-state index is -0.306. The van der Waals surface area contributed by atoms with E-state index in [9.17, 15) is 14.7 Å². The minimum Gasteiger partial charge on any atom is -0.455 e. The molecule has 3 aromatic rings. The van der Waals surface area contributed by atoms with Crippen LogP contribution in [0.25, 0.3) is 0 Å². The quantitative estimate of drug-likeness (QED) is 0.366. The summed E-state index contributed by atoms with van der Waals surface area (Å²) in [5.41, 5.74) is 7.38. The second-order valence-electron chi connectivity index (χ2n) is 7.46. The Morgan fingerprint density at radius 1 is 1.20 bits per heavy atom. The van der Waals surface area contributed by atoms with Crippen LogP contribution in [-0.4, -0.2) is 38.1 Å². The lowest BCUT2D eigenvalue weighted by Gasteiger charge is -2.22. The van der Waals surface area contributed by atoms with Crippen molar-refractivity contribution in [2.45, 2.75) is 26.8 Å². The van der Waals surface area contributed by atoms with Crippen LogP contribution in [0.3, 0.4) is 0 Å². The van der Waals surface area contributed by atoms with Crippen LogP contribution in [0.2, 0.25) is 5.02 Å². The van der Waals surface area contributed by atoms with Gasteiger partial charge in [0.2, 0.25) is 11.5 Å². The van der Waals surface area contributed by atoms with Crippen molar-refractivity contribution in [2.75, 3.05) is 12.3 Å². The first-order valence-corrected chi connectivity index (χ1v) is 11.9. The zero-order chi connectivity index (χ0) is 25.4. The van der Waals surface area contributed by atoms with Crippen LogP contribution < -0.4 is 10.5 Å². The van der Waals surface area contributed by atoms with Crippen LogP contribution in [0.4, 0.5) is 5.82 Å². The number of aromatic nitrogens is 2. The SMILES string of the molecule is CC(=C(CCO)SC(=O)c1ccccc1Oc1ccccc1Cl)N(C=O)Cc1cnc(C)nc1N. The predicted molar refractivity (Wildman–Crippen MR) is 137 cm³/mol. The summed E-state index contributed by atoms with van der Waals surface area (Å²) >= 11 is 7.13. The molecule has 0 bridgehead atoms.